The molecule has 1 aliphatic rings. The molecular formula is C26H34FN5O. The molecule has 7 heteroatoms. The molecule has 0 aliphatic heterocycles. The molecule has 1 fully saturated rings. The zero-order valence-electron chi connectivity index (χ0n) is 20.1. The Morgan fingerprint density at radius 2 is 1.97 bits per heavy atom. The third-order valence-corrected chi connectivity index (χ3v) is 6.12. The second kappa shape index (κ2) is 9.49. The molecule has 176 valence electrons. The number of carbonyl (C=O) groups excluding carboxylic acids is 1. The summed E-state index contributed by atoms with van der Waals surface area (Å²) in [6.45, 7) is 7.09. The first-order chi connectivity index (χ1) is 15.7. The van der Waals surface area contributed by atoms with Gasteiger partial charge in [0, 0.05) is 36.5 Å². The first-order valence-corrected chi connectivity index (χ1v) is 11.9. The van der Waals surface area contributed by atoms with Crippen molar-refractivity contribution in [3.05, 3.63) is 59.3 Å². The summed E-state index contributed by atoms with van der Waals surface area (Å²) in [5, 5.41) is 12.0. The van der Waals surface area contributed by atoms with Crippen molar-refractivity contribution in [2.45, 2.75) is 70.8 Å². The van der Waals surface area contributed by atoms with Crippen molar-refractivity contribution in [1.82, 2.24) is 24.9 Å². The van der Waals surface area contributed by atoms with Gasteiger partial charge in [-0.3, -0.25) is 14.6 Å². The number of nitrogens with one attached hydrogen (secondary N) is 1. The molecule has 0 unspecified atom stereocenters. The van der Waals surface area contributed by atoms with Crippen molar-refractivity contribution in [2.75, 3.05) is 13.6 Å². The van der Waals surface area contributed by atoms with E-state index in [0.717, 1.165) is 42.6 Å². The minimum Gasteiger partial charge on any atom is -0.340 e. The number of hydrogen-bond acceptors (Lipinski definition) is 3. The van der Waals surface area contributed by atoms with E-state index in [-0.39, 0.29) is 17.3 Å². The third-order valence-electron chi connectivity index (χ3n) is 6.12. The van der Waals surface area contributed by atoms with Crippen molar-refractivity contribution in [3.63, 3.8) is 0 Å². The second-order valence-corrected chi connectivity index (χ2v) is 10.1. The van der Waals surface area contributed by atoms with Gasteiger partial charge in [-0.1, -0.05) is 18.6 Å². The lowest BCUT2D eigenvalue weighted by atomic mass is 10.1. The van der Waals surface area contributed by atoms with Gasteiger partial charge in [0.1, 0.15) is 5.82 Å². The SMILES string of the molecule is CN(CCCCCc1cc(-c2cccc(F)c2)n[nH]1)C(=O)c1cc(C2CC2)n(C(C)(C)C)n1. The summed E-state index contributed by atoms with van der Waals surface area (Å²) < 4.78 is 15.5. The van der Waals surface area contributed by atoms with Gasteiger partial charge < -0.3 is 4.90 Å². The number of aromatic nitrogens is 4. The summed E-state index contributed by atoms with van der Waals surface area (Å²) in [6.07, 6.45) is 6.19. The van der Waals surface area contributed by atoms with Gasteiger partial charge in [0.25, 0.3) is 5.91 Å². The van der Waals surface area contributed by atoms with E-state index < -0.39 is 0 Å². The fourth-order valence-corrected chi connectivity index (χ4v) is 4.13. The molecule has 0 spiro atoms. The lowest BCUT2D eigenvalue weighted by Crippen LogP contribution is -2.29. The van der Waals surface area contributed by atoms with E-state index >= 15 is 0 Å². The van der Waals surface area contributed by atoms with Gasteiger partial charge >= 0.3 is 0 Å². The van der Waals surface area contributed by atoms with Crippen LogP contribution in [0.5, 0.6) is 0 Å². The van der Waals surface area contributed by atoms with E-state index in [1.807, 2.05) is 29.9 Å². The van der Waals surface area contributed by atoms with Crippen molar-refractivity contribution < 1.29 is 9.18 Å². The lowest BCUT2D eigenvalue weighted by molar-refractivity contribution is 0.0785. The van der Waals surface area contributed by atoms with Gasteiger partial charge in [0.05, 0.1) is 11.2 Å². The normalized spacial score (nSPS) is 14.0. The Labute approximate surface area is 195 Å². The van der Waals surface area contributed by atoms with Crippen LogP contribution >= 0.6 is 0 Å². The van der Waals surface area contributed by atoms with E-state index in [1.165, 1.54) is 30.7 Å². The number of carbonyl (C=O) groups is 1. The fourth-order valence-electron chi connectivity index (χ4n) is 4.13. The van der Waals surface area contributed by atoms with Crippen LogP contribution in [0.3, 0.4) is 0 Å². The Morgan fingerprint density at radius 1 is 1.18 bits per heavy atom. The largest absolute Gasteiger partial charge is 0.340 e. The molecule has 1 N–H and O–H groups in total. The highest BCUT2D eigenvalue weighted by Gasteiger charge is 2.33. The zero-order chi connectivity index (χ0) is 23.6. The molecule has 0 radical (unpaired) electrons. The maximum Gasteiger partial charge on any atom is 0.274 e. The van der Waals surface area contributed by atoms with Gasteiger partial charge in [-0.2, -0.15) is 10.2 Å². The molecule has 1 aromatic carbocycles. The van der Waals surface area contributed by atoms with Crippen LogP contribution in [0.25, 0.3) is 11.3 Å². The van der Waals surface area contributed by atoms with Crippen LogP contribution in [0, 0.1) is 5.82 Å². The standard InChI is InChI=1S/C26H34FN5O/c1-26(2,3)32-24(18-12-13-18)17-23(30-32)25(33)31(4)14-7-5-6-11-21-16-22(29-28-21)19-9-8-10-20(27)15-19/h8-10,15-18H,5-7,11-14H2,1-4H3,(H,28,29). The molecule has 2 heterocycles. The maximum atomic E-state index is 13.4. The monoisotopic (exact) mass is 451 g/mol. The highest BCUT2D eigenvalue weighted by atomic mass is 19.1. The molecular weight excluding hydrogens is 417 g/mol. The van der Waals surface area contributed by atoms with Gasteiger partial charge in [0.2, 0.25) is 0 Å². The first-order valence-electron chi connectivity index (χ1n) is 11.9. The van der Waals surface area contributed by atoms with Crippen molar-refractivity contribution in [3.8, 4) is 11.3 Å². The number of aromatic amines is 1. The number of nitrogens with zero attached hydrogens (tertiary/aromatic N) is 4. The van der Waals surface area contributed by atoms with Crippen LogP contribution in [0.1, 0.15) is 80.7 Å². The predicted octanol–water partition coefficient (Wildman–Crippen LogP) is 5.53. The molecule has 1 amide bonds. The van der Waals surface area contributed by atoms with Gasteiger partial charge in [-0.15, -0.1) is 0 Å². The van der Waals surface area contributed by atoms with Gasteiger partial charge in [-0.05, 0) is 77.1 Å². The number of benzene rings is 1. The average Bonchev–Trinajstić information content (AvgIpc) is 3.32. The van der Waals surface area contributed by atoms with Crippen molar-refractivity contribution in [2.24, 2.45) is 0 Å². The van der Waals surface area contributed by atoms with Crippen LogP contribution in [0.2, 0.25) is 0 Å². The summed E-state index contributed by atoms with van der Waals surface area (Å²) in [4.78, 5) is 14.7. The molecule has 4 rings (SSSR count). The molecule has 0 bridgehead atoms. The first kappa shape index (κ1) is 23.2. The minimum atomic E-state index is -0.260. The summed E-state index contributed by atoms with van der Waals surface area (Å²) in [5.74, 6) is 0.283. The molecule has 0 saturated heterocycles. The molecule has 2 aromatic heterocycles. The Hall–Kier alpha value is -2.96. The summed E-state index contributed by atoms with van der Waals surface area (Å²) in [7, 11) is 1.86. The lowest BCUT2D eigenvalue weighted by Gasteiger charge is -2.22. The van der Waals surface area contributed by atoms with Crippen LogP contribution < -0.4 is 0 Å². The Balaban J connectivity index is 1.24. The Morgan fingerprint density at radius 3 is 2.67 bits per heavy atom. The van der Waals surface area contributed by atoms with E-state index in [9.17, 15) is 9.18 Å². The van der Waals surface area contributed by atoms with E-state index in [1.54, 1.807) is 11.0 Å². The van der Waals surface area contributed by atoms with Crippen LogP contribution in [0.4, 0.5) is 4.39 Å². The number of unbranched alkanes of at least 4 members (excludes halogenated alkanes) is 2. The van der Waals surface area contributed by atoms with E-state index in [0.29, 0.717) is 18.2 Å². The summed E-state index contributed by atoms with van der Waals surface area (Å²) >= 11 is 0. The highest BCUT2D eigenvalue weighted by molar-refractivity contribution is 5.92. The third kappa shape index (κ3) is 5.70. The molecule has 3 aromatic rings. The number of halogens is 1. The number of hydrogen-bond donors (Lipinski definition) is 1. The van der Waals surface area contributed by atoms with Crippen molar-refractivity contribution in [1.29, 1.82) is 0 Å². The van der Waals surface area contributed by atoms with Crippen LogP contribution in [-0.2, 0) is 12.0 Å². The quantitative estimate of drug-likeness (QED) is 0.435. The topological polar surface area (TPSA) is 66.8 Å². The zero-order valence-corrected chi connectivity index (χ0v) is 20.1. The highest BCUT2D eigenvalue weighted by Crippen LogP contribution is 2.41. The molecule has 1 saturated carbocycles. The second-order valence-electron chi connectivity index (χ2n) is 10.1. The van der Waals surface area contributed by atoms with Gasteiger partial charge in [0.15, 0.2) is 5.69 Å². The smallest absolute Gasteiger partial charge is 0.274 e. The Bertz CT molecular complexity index is 1110. The van der Waals surface area contributed by atoms with Crippen LogP contribution in [-0.4, -0.2) is 44.4 Å². The number of amides is 1. The van der Waals surface area contributed by atoms with Crippen LogP contribution in [0.15, 0.2) is 36.4 Å². The average molecular weight is 452 g/mol. The minimum absolute atomic E-state index is 0.00629. The number of aryl methyl sites for hydroxylation is 1. The van der Waals surface area contributed by atoms with Crippen molar-refractivity contribution >= 4 is 5.91 Å². The Kier molecular flexibility index (Phi) is 6.68. The van der Waals surface area contributed by atoms with Gasteiger partial charge in [-0.25, -0.2) is 4.39 Å². The molecule has 33 heavy (non-hydrogen) atoms. The molecule has 0 atom stereocenters. The fraction of sp³-hybridized carbons (Fsp3) is 0.500. The predicted molar refractivity (Wildman–Crippen MR) is 128 cm³/mol. The number of rotatable bonds is 9. The molecule has 1 aliphatic carbocycles. The van der Waals surface area contributed by atoms with E-state index in [4.69, 9.17) is 0 Å². The summed E-state index contributed by atoms with van der Waals surface area (Å²) in [5.41, 5.74) is 4.19. The molecule has 6 nitrogen and oxygen atoms in total. The maximum absolute atomic E-state index is 13.4. The summed E-state index contributed by atoms with van der Waals surface area (Å²) in [6, 6.07) is 10.4. The number of H-pyrrole nitrogens is 1. The van der Waals surface area contributed by atoms with E-state index in [2.05, 4.69) is 36.1 Å².